The van der Waals surface area contributed by atoms with Crippen molar-refractivity contribution in [2.24, 2.45) is 5.64 Å². The van der Waals surface area contributed by atoms with Crippen LogP contribution in [0.4, 0.5) is 29.0 Å². The number of Topliss-reactive ketones (excluding diaryl/α,β-unsaturated/α-hetero) is 1. The van der Waals surface area contributed by atoms with Gasteiger partial charge < -0.3 is 76.4 Å². The van der Waals surface area contributed by atoms with E-state index in [9.17, 15) is 33.1 Å². The lowest BCUT2D eigenvalue weighted by Gasteiger charge is -2.07. The first-order valence-electron chi connectivity index (χ1n) is 24.3. The maximum atomic E-state index is 11.2. The summed E-state index contributed by atoms with van der Waals surface area (Å²) in [6.45, 7) is 2.33. The standard InChI is InChI=1S/C12H13N2OP.C12H11NO2.C7H8N3OP.C7H9N2O3P.C7H7N2O2P.C2Cl2O2.CH6BNO.2CH4.Al.Br3OP.Cl3OP.3ClH.H3N/c16-14-12-8-11(6-7-13-12)15-9-10-4-2-1-3-5-10;14-12-8-11(6-7-13-12)15-9-10-4-2-1-3-5-10;8-4-3-11-5-1-2-9-7(10-12)6(4)5;10-7(11)4-12-5-1-2-8-6(3-5)9-13;10-4-3-11-5-1-2-8-7(9-12)6(4)5;3-1(5)2(4)6;1-2(3)4;;;;2*1-5(2,3)4;;;;/h1-8H,9,16H2,(H,13,14);1-8H,9H2,(H,13,14);1-3H,8,12H2,(H,9,10);1-3H,4,13H2,(H,8,9)(H,10,11);1-2H,3,12H2,(H,8,9);;4H,3H2,1H3;2*1H4;;;;3*1H;1H3/q;;;;;;;;;+3;;;;;;/p-3. The fourth-order valence-electron chi connectivity index (χ4n) is 5.58. The Hall–Kier alpha value is -3.37. The Labute approximate surface area is 623 Å². The van der Waals surface area contributed by atoms with Crippen LogP contribution in [0, 0.1) is 0 Å². The van der Waals surface area contributed by atoms with Crippen molar-refractivity contribution < 1.29 is 61.8 Å². The third kappa shape index (κ3) is 53.2. The van der Waals surface area contributed by atoms with Gasteiger partial charge in [-0.05, 0) is 143 Å². The maximum absolute atomic E-state index is 11.2. The van der Waals surface area contributed by atoms with Crippen LogP contribution in [-0.4, -0.2) is 88.9 Å². The lowest BCUT2D eigenvalue weighted by Crippen LogP contribution is -2.18. The Morgan fingerprint density at radius 3 is 1.51 bits per heavy atom. The van der Waals surface area contributed by atoms with E-state index in [1.165, 1.54) is 25.3 Å². The van der Waals surface area contributed by atoms with Gasteiger partial charge in [-0.1, -0.05) is 75.5 Å². The van der Waals surface area contributed by atoms with Crippen LogP contribution in [0.15, 0.2) is 156 Å². The second-order valence-corrected chi connectivity index (χ2v) is 49.0. The summed E-state index contributed by atoms with van der Waals surface area (Å²) in [5, 5.41) is 22.7. The number of carbonyl (C=O) groups is 4. The molecule has 9 rings (SSSR count). The van der Waals surface area contributed by atoms with Gasteiger partial charge in [0.1, 0.15) is 76.9 Å². The summed E-state index contributed by atoms with van der Waals surface area (Å²) in [5.41, 5.74) is 14.3. The summed E-state index contributed by atoms with van der Waals surface area (Å²) in [5.74, 6) is 4.10. The smallest absolute Gasteiger partial charge is 0.489 e. The van der Waals surface area contributed by atoms with E-state index < -0.39 is 43.3 Å². The van der Waals surface area contributed by atoms with Crippen LogP contribution >= 0.6 is 180 Å². The summed E-state index contributed by atoms with van der Waals surface area (Å²) in [6.07, 6.45) is 9.60. The molecule has 0 radical (unpaired) electrons. The number of aromatic nitrogens is 5. The molecule has 8 aromatic rings. The number of pyridine rings is 5. The molecule has 522 valence electrons. The van der Waals surface area contributed by atoms with Crippen LogP contribution in [-0.2, 0) is 36.7 Å². The number of aromatic amines is 1. The number of benzene rings is 2. The highest BCUT2D eigenvalue weighted by atomic mass is 80.0. The highest BCUT2D eigenvalue weighted by molar-refractivity contribution is 9.94. The summed E-state index contributed by atoms with van der Waals surface area (Å²) >= 11 is 29.4. The average Bonchev–Trinajstić information content (AvgIpc) is 1.70. The normalized spacial score (nSPS) is 9.85. The van der Waals surface area contributed by atoms with Crippen LogP contribution in [0.25, 0.3) is 11.0 Å². The molecule has 0 fully saturated rings. The van der Waals surface area contributed by atoms with Gasteiger partial charge in [-0.2, -0.15) is 0 Å². The number of carbonyl (C=O) groups excluding carboxylic acids is 3. The van der Waals surface area contributed by atoms with Crippen molar-refractivity contribution in [1.29, 1.82) is 0 Å². The Kier molecular flexibility index (Phi) is 58.2. The van der Waals surface area contributed by atoms with E-state index in [-0.39, 0.29) is 45.6 Å². The number of nitrogens with one attached hydrogen (secondary N) is 5. The van der Waals surface area contributed by atoms with Gasteiger partial charge in [-0.25, -0.2) is 54.9 Å². The summed E-state index contributed by atoms with van der Waals surface area (Å²) in [7, 11) is 23.5. The van der Waals surface area contributed by atoms with Gasteiger partial charge >= 0.3 is 40.1 Å². The second-order valence-electron chi connectivity index (χ2n) is 15.8. The Bertz CT molecular complexity index is 3590. The van der Waals surface area contributed by atoms with E-state index in [1.54, 1.807) is 55.1 Å². The van der Waals surface area contributed by atoms with Gasteiger partial charge in [0.05, 0.1) is 11.1 Å². The number of hydrogen-bond donors (Lipinski definition) is 10. The molecule has 26 nitrogen and oxygen atoms in total. The molecule has 14 N–H and O–H groups in total. The van der Waals surface area contributed by atoms with Crippen LogP contribution in [0.2, 0.25) is 6.82 Å². The minimum atomic E-state index is -3.22. The number of nitrogens with two attached hydrogens (primary N) is 2. The van der Waals surface area contributed by atoms with Crippen molar-refractivity contribution in [1.82, 2.24) is 31.1 Å². The van der Waals surface area contributed by atoms with Crippen molar-refractivity contribution >= 4 is 260 Å². The number of H-pyrrole nitrogens is 1. The molecule has 0 saturated carbocycles. The van der Waals surface area contributed by atoms with Crippen LogP contribution in [0.3, 0.4) is 0 Å². The van der Waals surface area contributed by atoms with E-state index in [1.807, 2.05) is 72.8 Å². The summed E-state index contributed by atoms with van der Waals surface area (Å²) in [6, 6.07) is 33.4. The summed E-state index contributed by atoms with van der Waals surface area (Å²) < 4.78 is 43.6. The zero-order valence-corrected chi connectivity index (χ0v) is 66.0. The molecule has 7 heterocycles. The number of hydrogen-bond acceptors (Lipinski definition) is 24. The number of fused-ring (bicyclic) bond motifs is 2. The first-order valence-corrected chi connectivity index (χ1v) is 44.7. The zero-order chi connectivity index (χ0) is 69.8. The molecule has 0 spiro atoms. The number of halogens is 11. The third-order valence-electron chi connectivity index (χ3n) is 8.86. The Morgan fingerprint density at radius 2 is 1.11 bits per heavy atom. The number of nitrogens with zero attached hydrogens (tertiary/aromatic N) is 4. The molecular weight excluding hydrogens is 1740 g/mol. The molecule has 0 amide bonds. The number of rotatable bonds is 14. The minimum Gasteiger partial charge on any atom is -0.489 e. The molecule has 1 aliphatic rings. The number of ether oxygens (including phenoxy) is 4. The number of ketones is 1. The second kappa shape index (κ2) is 56.4. The van der Waals surface area contributed by atoms with Crippen LogP contribution in [0.5, 0.6) is 23.0 Å². The lowest BCUT2D eigenvalue weighted by molar-refractivity contribution is -0.139. The minimum absolute atomic E-state index is 0. The van der Waals surface area contributed by atoms with Crippen molar-refractivity contribution in [3.05, 3.63) is 173 Å². The van der Waals surface area contributed by atoms with E-state index >= 15 is 0 Å². The van der Waals surface area contributed by atoms with Crippen LogP contribution < -0.4 is 62.4 Å². The predicted molar refractivity (Wildman–Crippen MR) is 417 cm³/mol. The van der Waals surface area contributed by atoms with Gasteiger partial charge in [0.15, 0.2) is 13.2 Å². The van der Waals surface area contributed by atoms with E-state index in [0.717, 1.165) is 33.7 Å². The van der Waals surface area contributed by atoms with Crippen molar-refractivity contribution in [3.8, 4) is 23.0 Å². The molecule has 2 aromatic carbocycles. The van der Waals surface area contributed by atoms with Crippen molar-refractivity contribution in [3.63, 3.8) is 0 Å². The summed E-state index contributed by atoms with van der Waals surface area (Å²) in [4.78, 5) is 69.9. The Balaban J connectivity index is -0.000000500. The molecule has 0 saturated heterocycles. The topological polar surface area (TPSA) is 413 Å². The van der Waals surface area contributed by atoms with E-state index in [0.29, 0.717) is 59.2 Å². The molecule has 0 bridgehead atoms. The lowest BCUT2D eigenvalue weighted by atomic mass is 9.92. The van der Waals surface area contributed by atoms with Gasteiger partial charge in [0, 0.05) is 95.7 Å². The average molecular weight is 1810 g/mol. The molecule has 95 heavy (non-hydrogen) atoms. The monoisotopic (exact) mass is 1800 g/mol. The quantitative estimate of drug-likeness (QED) is 0.0209. The SMILES string of the molecule is C.C.CB(N)O.N.Nc1coc2ccnc(NP)c12.O=C(Cl)C(=O)Cl.O=C(O)COc1ccnc(NP)c1.O=C1COc2ccnc(NP)c21.O=P(Br)(Br)Br.O=P(Cl)(Cl)Cl.O=c1cc(OCc2ccccc2)cc[nH]1.PNc1cc(OCc2ccccc2)ccn1.[Cl][Al]([Cl])[Cl]. The van der Waals surface area contributed by atoms with Gasteiger partial charge in [-0.3, -0.25) is 28.3 Å². The van der Waals surface area contributed by atoms with Gasteiger partial charge in [0.2, 0.25) is 5.78 Å². The van der Waals surface area contributed by atoms with E-state index in [4.69, 9.17) is 69.4 Å². The van der Waals surface area contributed by atoms with Crippen LogP contribution in [0.1, 0.15) is 36.3 Å². The number of anilines is 5. The molecule has 45 heteroatoms. The fraction of sp³-hybridized carbons (Fsp3) is 0.140. The van der Waals surface area contributed by atoms with Gasteiger partial charge in [0.25, 0.3) is 8.81 Å². The van der Waals surface area contributed by atoms with E-state index in [2.05, 4.69) is 192 Å². The third-order valence-corrected chi connectivity index (χ3v) is 10.4. The molecular formula is C50H65AlBBr3Cl8N12O14P6. The zero-order valence-electron chi connectivity index (χ0n) is 47.6. The molecule has 4 atom stereocenters. The van der Waals surface area contributed by atoms with Gasteiger partial charge in [-0.15, -0.1) is 0 Å². The molecule has 0 aliphatic carbocycles. The highest BCUT2D eigenvalue weighted by Crippen LogP contribution is 2.68. The number of aliphatic carboxylic acids is 1. The first-order chi connectivity index (χ1) is 43.2. The first kappa shape index (κ1) is 98.0. The van der Waals surface area contributed by atoms with Crippen molar-refractivity contribution in [2.45, 2.75) is 34.9 Å². The molecule has 4 unspecified atom stereocenters. The number of carboxylic acids is 1. The number of furan rings is 1. The highest BCUT2D eigenvalue weighted by Gasteiger charge is 2.25. The maximum Gasteiger partial charge on any atom is 0.643 e. The largest absolute Gasteiger partial charge is 0.643 e. The molecule has 1 aliphatic heterocycles. The number of carboxylic acid groups (broad SMARTS) is 1. The van der Waals surface area contributed by atoms with Crippen molar-refractivity contribution in [2.75, 3.05) is 39.3 Å². The predicted octanol–water partition coefficient (Wildman–Crippen LogP) is 16.8. The fourth-order valence-corrected chi connectivity index (χ4v) is 6.33. The molecule has 6 aromatic heterocycles. The Morgan fingerprint density at radius 1 is 0.705 bits per heavy atom. The number of nitrogen functional groups attached to an aromatic ring is 1.